The second-order valence-corrected chi connectivity index (χ2v) is 4.30. The Balaban J connectivity index is 3.30. The molecule has 0 aliphatic carbocycles. The average molecular weight is 288 g/mol. The van der Waals surface area contributed by atoms with E-state index >= 15 is 0 Å². The number of halogens is 2. The first-order valence-corrected chi connectivity index (χ1v) is 6.27. The van der Waals surface area contributed by atoms with Crippen LogP contribution < -0.4 is 0 Å². The van der Waals surface area contributed by atoms with Crippen molar-refractivity contribution in [2.75, 3.05) is 13.7 Å². The number of alkyl halides is 2. The summed E-state index contributed by atoms with van der Waals surface area (Å²) >= 11 is 0. The minimum atomic E-state index is -2.89. The van der Waals surface area contributed by atoms with Crippen molar-refractivity contribution in [3.63, 3.8) is 0 Å². The topological polar surface area (TPSA) is 61.3 Å². The number of hydrogen-bond acceptors (Lipinski definition) is 5. The highest BCUT2D eigenvalue weighted by Gasteiger charge is 2.31. The van der Waals surface area contributed by atoms with E-state index in [0.717, 1.165) is 6.20 Å². The molecule has 0 saturated carbocycles. The number of carbonyl (C=O) groups excluding carboxylic acids is 1. The Hall–Kier alpha value is -1.63. The minimum absolute atomic E-state index is 0.0913. The van der Waals surface area contributed by atoms with Crippen molar-refractivity contribution in [2.45, 2.75) is 39.2 Å². The zero-order chi connectivity index (χ0) is 15.3. The van der Waals surface area contributed by atoms with E-state index in [4.69, 9.17) is 9.47 Å². The van der Waals surface area contributed by atoms with Crippen LogP contribution in [0.1, 0.15) is 55.5 Å². The number of methoxy groups -OCH3 is 1. The van der Waals surface area contributed by atoms with Gasteiger partial charge in [-0.15, -0.1) is 0 Å². The van der Waals surface area contributed by atoms with Crippen molar-refractivity contribution in [1.82, 2.24) is 9.97 Å². The van der Waals surface area contributed by atoms with Gasteiger partial charge in [0.05, 0.1) is 6.61 Å². The number of ether oxygens (including phenoxy) is 2. The standard InChI is InChI=1S/C13H18F2N2O3/c1-5-13(3,19-4)12-16-7-8(11(18)20-6-2)9(17-12)10(14)15/h7,10H,5-6H2,1-4H3. The summed E-state index contributed by atoms with van der Waals surface area (Å²) in [5.74, 6) is -0.740. The van der Waals surface area contributed by atoms with Crippen molar-refractivity contribution in [1.29, 1.82) is 0 Å². The molecule has 0 spiro atoms. The molecule has 5 nitrogen and oxygen atoms in total. The van der Waals surface area contributed by atoms with Gasteiger partial charge >= 0.3 is 5.97 Å². The zero-order valence-electron chi connectivity index (χ0n) is 11.9. The molecule has 0 amide bonds. The van der Waals surface area contributed by atoms with Crippen LogP contribution in [0, 0.1) is 0 Å². The van der Waals surface area contributed by atoms with Gasteiger partial charge in [0.2, 0.25) is 0 Å². The summed E-state index contributed by atoms with van der Waals surface area (Å²) in [7, 11) is 1.45. The van der Waals surface area contributed by atoms with Crippen molar-refractivity contribution < 1.29 is 23.0 Å². The predicted molar refractivity (Wildman–Crippen MR) is 67.6 cm³/mol. The van der Waals surface area contributed by atoms with Gasteiger partial charge in [-0.1, -0.05) is 6.92 Å². The summed E-state index contributed by atoms with van der Waals surface area (Å²) in [5, 5.41) is 0. The molecule has 7 heteroatoms. The summed E-state index contributed by atoms with van der Waals surface area (Å²) in [4.78, 5) is 19.4. The van der Waals surface area contributed by atoms with Crippen LogP contribution in [-0.2, 0) is 15.1 Å². The summed E-state index contributed by atoms with van der Waals surface area (Å²) in [6, 6.07) is 0. The lowest BCUT2D eigenvalue weighted by Crippen LogP contribution is -2.27. The van der Waals surface area contributed by atoms with Crippen molar-refractivity contribution in [2.24, 2.45) is 0 Å². The molecule has 0 aliphatic heterocycles. The second-order valence-electron chi connectivity index (χ2n) is 4.30. The molecule has 0 aliphatic rings. The summed E-state index contributed by atoms with van der Waals surface area (Å²) in [6.45, 7) is 5.21. The molecule has 0 bridgehead atoms. The van der Waals surface area contributed by atoms with Crippen LogP contribution in [0.5, 0.6) is 0 Å². The number of rotatable bonds is 6. The maximum Gasteiger partial charge on any atom is 0.341 e. The van der Waals surface area contributed by atoms with Crippen LogP contribution in [0.4, 0.5) is 8.78 Å². The minimum Gasteiger partial charge on any atom is -0.462 e. The lowest BCUT2D eigenvalue weighted by atomic mass is 10.0. The van der Waals surface area contributed by atoms with E-state index in [-0.39, 0.29) is 18.0 Å². The Bertz CT molecular complexity index is 477. The Morgan fingerprint density at radius 3 is 2.55 bits per heavy atom. The van der Waals surface area contributed by atoms with E-state index < -0.39 is 23.7 Å². The Morgan fingerprint density at radius 2 is 2.10 bits per heavy atom. The van der Waals surface area contributed by atoms with Gasteiger partial charge in [-0.2, -0.15) is 0 Å². The molecule has 1 unspecified atom stereocenters. The normalized spacial score (nSPS) is 14.2. The number of aromatic nitrogens is 2. The Morgan fingerprint density at radius 1 is 1.45 bits per heavy atom. The molecular formula is C13H18F2N2O3. The van der Waals surface area contributed by atoms with Gasteiger partial charge in [0, 0.05) is 13.3 Å². The highest BCUT2D eigenvalue weighted by Crippen LogP contribution is 2.28. The first-order valence-electron chi connectivity index (χ1n) is 6.27. The van der Waals surface area contributed by atoms with Gasteiger partial charge in [0.25, 0.3) is 6.43 Å². The van der Waals surface area contributed by atoms with Gasteiger partial charge in [0.15, 0.2) is 5.82 Å². The summed E-state index contributed by atoms with van der Waals surface area (Å²) in [6.07, 6.45) is -1.33. The predicted octanol–water partition coefficient (Wildman–Crippen LogP) is 2.86. The molecule has 20 heavy (non-hydrogen) atoms. The Kier molecular flexibility index (Phi) is 5.50. The highest BCUT2D eigenvalue weighted by molar-refractivity contribution is 5.90. The smallest absolute Gasteiger partial charge is 0.341 e. The number of nitrogens with zero attached hydrogens (tertiary/aromatic N) is 2. The monoisotopic (exact) mass is 288 g/mol. The van der Waals surface area contributed by atoms with Gasteiger partial charge < -0.3 is 9.47 Å². The molecule has 112 valence electrons. The maximum atomic E-state index is 13.1. The van der Waals surface area contributed by atoms with Gasteiger partial charge in [-0.3, -0.25) is 0 Å². The van der Waals surface area contributed by atoms with E-state index in [1.807, 2.05) is 6.92 Å². The summed E-state index contributed by atoms with van der Waals surface area (Å²) in [5.41, 5.74) is -1.83. The highest BCUT2D eigenvalue weighted by atomic mass is 19.3. The van der Waals surface area contributed by atoms with Crippen molar-refractivity contribution in [3.05, 3.63) is 23.3 Å². The fourth-order valence-electron chi connectivity index (χ4n) is 1.58. The molecule has 1 heterocycles. The maximum absolute atomic E-state index is 13.1. The number of carbonyl (C=O) groups is 1. The first kappa shape index (κ1) is 16.4. The SMILES string of the molecule is CCOC(=O)c1cnc(C(C)(CC)OC)nc1C(F)F. The van der Waals surface area contributed by atoms with Crippen LogP contribution in [0.2, 0.25) is 0 Å². The first-order chi connectivity index (χ1) is 9.39. The molecule has 0 N–H and O–H groups in total. The summed E-state index contributed by atoms with van der Waals surface area (Å²) < 4.78 is 36.1. The van der Waals surface area contributed by atoms with Crippen LogP contribution in [0.25, 0.3) is 0 Å². The largest absolute Gasteiger partial charge is 0.462 e. The van der Waals surface area contributed by atoms with Crippen molar-refractivity contribution in [3.8, 4) is 0 Å². The third kappa shape index (κ3) is 3.27. The number of hydrogen-bond donors (Lipinski definition) is 0. The van der Waals surface area contributed by atoms with E-state index in [9.17, 15) is 13.6 Å². The van der Waals surface area contributed by atoms with Crippen LogP contribution >= 0.6 is 0 Å². The second kappa shape index (κ2) is 6.69. The zero-order valence-corrected chi connectivity index (χ0v) is 11.9. The van der Waals surface area contributed by atoms with Crippen LogP contribution in [0.3, 0.4) is 0 Å². The van der Waals surface area contributed by atoms with E-state index in [2.05, 4.69) is 9.97 Å². The quantitative estimate of drug-likeness (QED) is 0.753. The van der Waals surface area contributed by atoms with Crippen LogP contribution in [0.15, 0.2) is 6.20 Å². The third-order valence-electron chi connectivity index (χ3n) is 3.12. The van der Waals surface area contributed by atoms with E-state index in [1.54, 1.807) is 13.8 Å². The van der Waals surface area contributed by atoms with Gasteiger partial charge in [0.1, 0.15) is 16.9 Å². The molecule has 1 atom stereocenters. The van der Waals surface area contributed by atoms with E-state index in [1.165, 1.54) is 7.11 Å². The fourth-order valence-corrected chi connectivity index (χ4v) is 1.58. The lowest BCUT2D eigenvalue weighted by Gasteiger charge is -2.25. The average Bonchev–Trinajstić information content (AvgIpc) is 2.45. The fraction of sp³-hybridized carbons (Fsp3) is 0.615. The third-order valence-corrected chi connectivity index (χ3v) is 3.12. The molecule has 0 saturated heterocycles. The molecule has 1 aromatic rings. The number of esters is 1. The molecule has 1 aromatic heterocycles. The molecular weight excluding hydrogens is 270 g/mol. The van der Waals surface area contributed by atoms with Crippen molar-refractivity contribution >= 4 is 5.97 Å². The van der Waals surface area contributed by atoms with Crippen LogP contribution in [-0.4, -0.2) is 29.7 Å². The van der Waals surface area contributed by atoms with E-state index in [0.29, 0.717) is 6.42 Å². The Labute approximate surface area is 116 Å². The van der Waals surface area contributed by atoms with Gasteiger partial charge in [-0.05, 0) is 20.3 Å². The lowest BCUT2D eigenvalue weighted by molar-refractivity contribution is -0.00987. The molecule has 1 rings (SSSR count). The molecule has 0 radical (unpaired) electrons. The molecule has 0 fully saturated rings. The van der Waals surface area contributed by atoms with Gasteiger partial charge in [-0.25, -0.2) is 23.5 Å². The molecule has 0 aromatic carbocycles.